The molecule has 146 valence electrons. The van der Waals surface area contributed by atoms with Crippen LogP contribution in [-0.4, -0.2) is 52.5 Å². The molecule has 1 fully saturated rings. The Hall–Kier alpha value is -1.63. The molecule has 5 unspecified atom stereocenters. The number of hydrogen-bond donors (Lipinski definition) is 4. The van der Waals surface area contributed by atoms with Gasteiger partial charge in [0.15, 0.2) is 0 Å². The van der Waals surface area contributed by atoms with Gasteiger partial charge >= 0.3 is 0 Å². The Bertz CT molecular complexity index is 762. The lowest BCUT2D eigenvalue weighted by Gasteiger charge is -2.40. The number of aliphatic hydroxyl groups excluding tert-OH is 4. The first-order chi connectivity index (χ1) is 12.9. The quantitative estimate of drug-likeness (QED) is 0.625. The zero-order valence-electron chi connectivity index (χ0n) is 15.1. The van der Waals surface area contributed by atoms with Crippen molar-refractivity contribution < 1.29 is 25.2 Å². The maximum atomic E-state index is 10.4. The van der Waals surface area contributed by atoms with Gasteiger partial charge in [0.2, 0.25) is 0 Å². The van der Waals surface area contributed by atoms with E-state index in [1.807, 2.05) is 36.4 Å². The number of halogens is 1. The molecule has 0 heterocycles. The van der Waals surface area contributed by atoms with Gasteiger partial charge in [-0.25, -0.2) is 0 Å². The van der Waals surface area contributed by atoms with Crippen LogP contribution in [-0.2, 0) is 6.42 Å². The van der Waals surface area contributed by atoms with E-state index in [0.29, 0.717) is 17.9 Å². The average Bonchev–Trinajstić information content (AvgIpc) is 2.69. The lowest BCUT2D eigenvalue weighted by molar-refractivity contribution is -0.127. The molecule has 2 aromatic rings. The summed E-state index contributed by atoms with van der Waals surface area (Å²) in [7, 11) is 1.62. The monoisotopic (exact) mass is 392 g/mol. The molecule has 0 spiro atoms. The maximum absolute atomic E-state index is 10.4. The van der Waals surface area contributed by atoms with E-state index in [0.717, 1.165) is 22.4 Å². The molecule has 4 N–H and O–H groups in total. The molecule has 0 amide bonds. The van der Waals surface area contributed by atoms with Crippen LogP contribution in [0.2, 0.25) is 5.02 Å². The van der Waals surface area contributed by atoms with E-state index in [9.17, 15) is 20.4 Å². The molecule has 6 heteroatoms. The molecule has 3 rings (SSSR count). The number of aliphatic hydroxyl groups is 4. The minimum absolute atomic E-state index is 0.242. The molecule has 0 aromatic heterocycles. The summed E-state index contributed by atoms with van der Waals surface area (Å²) in [6.07, 6.45) is -2.51. The van der Waals surface area contributed by atoms with Crippen LogP contribution in [0, 0.1) is 5.92 Å². The SMILES string of the molecule is COc1ccc(Cc2cc(C3CC(CO)C(O)C(O)C3O)ccc2Cl)cc1. The van der Waals surface area contributed by atoms with E-state index in [2.05, 4.69) is 0 Å². The lowest BCUT2D eigenvalue weighted by atomic mass is 9.73. The van der Waals surface area contributed by atoms with E-state index in [4.69, 9.17) is 16.3 Å². The first kappa shape index (κ1) is 20.1. The molecule has 27 heavy (non-hydrogen) atoms. The third-order valence-electron chi connectivity index (χ3n) is 5.44. The van der Waals surface area contributed by atoms with Gasteiger partial charge in [0, 0.05) is 23.5 Å². The molecule has 0 aliphatic heterocycles. The van der Waals surface area contributed by atoms with E-state index in [1.165, 1.54) is 0 Å². The standard InChI is InChI=1S/C21H25ClO5/c1-27-16-5-2-12(3-6-16)8-14-9-13(4-7-18(14)22)17-10-15(11-23)19(24)21(26)20(17)25/h2-7,9,15,17,19-21,23-26H,8,10-11H2,1H3. The molecule has 1 aliphatic carbocycles. The van der Waals surface area contributed by atoms with Crippen molar-refractivity contribution in [3.8, 4) is 5.75 Å². The second-order valence-corrected chi connectivity index (χ2v) is 7.54. The van der Waals surface area contributed by atoms with Crippen molar-refractivity contribution in [3.63, 3.8) is 0 Å². The molecular formula is C21H25ClO5. The summed E-state index contributed by atoms with van der Waals surface area (Å²) in [5, 5.41) is 40.7. The van der Waals surface area contributed by atoms with Gasteiger partial charge in [-0.3, -0.25) is 0 Å². The highest BCUT2D eigenvalue weighted by Crippen LogP contribution is 2.38. The highest BCUT2D eigenvalue weighted by Gasteiger charge is 2.42. The zero-order chi connectivity index (χ0) is 19.6. The van der Waals surface area contributed by atoms with Crippen LogP contribution in [0.3, 0.4) is 0 Å². The van der Waals surface area contributed by atoms with Crippen molar-refractivity contribution in [2.75, 3.05) is 13.7 Å². The van der Waals surface area contributed by atoms with Crippen molar-refractivity contribution in [3.05, 3.63) is 64.2 Å². The summed E-state index contributed by atoms with van der Waals surface area (Å²) in [4.78, 5) is 0. The van der Waals surface area contributed by atoms with E-state index in [-0.39, 0.29) is 12.5 Å². The molecule has 0 saturated heterocycles. The highest BCUT2D eigenvalue weighted by atomic mass is 35.5. The zero-order valence-corrected chi connectivity index (χ0v) is 15.9. The van der Waals surface area contributed by atoms with Gasteiger partial charge in [0.05, 0.1) is 19.3 Å². The van der Waals surface area contributed by atoms with E-state index in [1.54, 1.807) is 13.2 Å². The number of ether oxygens (including phenoxy) is 1. The molecule has 0 radical (unpaired) electrons. The Labute approximate surface area is 163 Å². The number of methoxy groups -OCH3 is 1. The van der Waals surface area contributed by atoms with Crippen molar-refractivity contribution >= 4 is 11.6 Å². The fourth-order valence-corrected chi connectivity index (χ4v) is 3.95. The Kier molecular flexibility index (Phi) is 6.40. The molecule has 1 saturated carbocycles. The smallest absolute Gasteiger partial charge is 0.118 e. The van der Waals surface area contributed by atoms with Gasteiger partial charge in [-0.15, -0.1) is 0 Å². The highest BCUT2D eigenvalue weighted by molar-refractivity contribution is 6.31. The summed E-state index contributed by atoms with van der Waals surface area (Å²) < 4.78 is 5.17. The van der Waals surface area contributed by atoms with Gasteiger partial charge in [-0.2, -0.15) is 0 Å². The maximum Gasteiger partial charge on any atom is 0.118 e. The van der Waals surface area contributed by atoms with Crippen LogP contribution in [0.5, 0.6) is 5.75 Å². The summed E-state index contributed by atoms with van der Waals surface area (Å²) in [6.45, 7) is -0.242. The number of hydrogen-bond acceptors (Lipinski definition) is 5. The van der Waals surface area contributed by atoms with E-state index >= 15 is 0 Å². The second-order valence-electron chi connectivity index (χ2n) is 7.13. The van der Waals surface area contributed by atoms with Crippen molar-refractivity contribution in [1.82, 2.24) is 0 Å². The molecule has 1 aliphatic rings. The van der Waals surface area contributed by atoms with Crippen LogP contribution >= 0.6 is 11.6 Å². The Balaban J connectivity index is 1.85. The van der Waals surface area contributed by atoms with Gasteiger partial charge in [0.1, 0.15) is 11.9 Å². The first-order valence-electron chi connectivity index (χ1n) is 9.01. The Morgan fingerprint density at radius 2 is 1.70 bits per heavy atom. The summed E-state index contributed by atoms with van der Waals surface area (Å²) in [5.41, 5.74) is 2.82. The van der Waals surface area contributed by atoms with Crippen LogP contribution in [0.15, 0.2) is 42.5 Å². The summed E-state index contributed by atoms with van der Waals surface area (Å²) in [6, 6.07) is 13.3. The normalized spacial score (nSPS) is 28.1. The van der Waals surface area contributed by atoms with Crippen LogP contribution < -0.4 is 4.74 Å². The number of rotatable bonds is 5. The van der Waals surface area contributed by atoms with E-state index < -0.39 is 24.2 Å². The van der Waals surface area contributed by atoms with Gasteiger partial charge in [-0.05, 0) is 47.7 Å². The molecule has 0 bridgehead atoms. The minimum Gasteiger partial charge on any atom is -0.497 e. The summed E-state index contributed by atoms with van der Waals surface area (Å²) >= 11 is 6.37. The fraction of sp³-hybridized carbons (Fsp3) is 0.429. The third kappa shape index (κ3) is 4.28. The lowest BCUT2D eigenvalue weighted by Crippen LogP contribution is -2.51. The van der Waals surface area contributed by atoms with Crippen LogP contribution in [0.25, 0.3) is 0 Å². The predicted octanol–water partition coefficient (Wildman–Crippen LogP) is 2.12. The minimum atomic E-state index is -1.29. The van der Waals surface area contributed by atoms with Crippen molar-refractivity contribution in [2.24, 2.45) is 5.92 Å². The molecule has 5 atom stereocenters. The predicted molar refractivity (Wildman–Crippen MR) is 103 cm³/mol. The van der Waals surface area contributed by atoms with Crippen LogP contribution in [0.1, 0.15) is 29.0 Å². The topological polar surface area (TPSA) is 90.2 Å². The van der Waals surface area contributed by atoms with Crippen molar-refractivity contribution in [1.29, 1.82) is 0 Å². The summed E-state index contributed by atoms with van der Waals surface area (Å²) in [5.74, 6) is -0.0759. The van der Waals surface area contributed by atoms with Crippen LogP contribution in [0.4, 0.5) is 0 Å². The largest absolute Gasteiger partial charge is 0.497 e. The molecule has 2 aromatic carbocycles. The Morgan fingerprint density at radius 3 is 2.33 bits per heavy atom. The van der Waals surface area contributed by atoms with Crippen molar-refractivity contribution in [2.45, 2.75) is 37.1 Å². The third-order valence-corrected chi connectivity index (χ3v) is 5.81. The Morgan fingerprint density at radius 1 is 1.00 bits per heavy atom. The van der Waals surface area contributed by atoms with Gasteiger partial charge < -0.3 is 25.2 Å². The van der Waals surface area contributed by atoms with Gasteiger partial charge in [0.25, 0.3) is 0 Å². The van der Waals surface area contributed by atoms with Gasteiger partial charge in [-0.1, -0.05) is 35.9 Å². The fourth-order valence-electron chi connectivity index (χ4n) is 3.76. The number of benzene rings is 2. The second kappa shape index (κ2) is 8.59. The molecular weight excluding hydrogens is 368 g/mol. The molecule has 5 nitrogen and oxygen atoms in total. The first-order valence-corrected chi connectivity index (χ1v) is 9.38. The average molecular weight is 393 g/mol.